The van der Waals surface area contributed by atoms with Crippen molar-refractivity contribution in [2.75, 3.05) is 11.5 Å². The van der Waals surface area contributed by atoms with E-state index in [0.29, 0.717) is 5.41 Å². The fourth-order valence-electron chi connectivity index (χ4n) is 1.40. The summed E-state index contributed by atoms with van der Waals surface area (Å²) in [4.78, 5) is 0. The summed E-state index contributed by atoms with van der Waals surface area (Å²) in [5, 5.41) is 0. The average molecular weight is 170 g/mol. The third-order valence-electron chi connectivity index (χ3n) is 1.71. The van der Waals surface area contributed by atoms with Crippen molar-refractivity contribution in [3.8, 4) is 0 Å². The van der Waals surface area contributed by atoms with Crippen molar-refractivity contribution in [2.24, 2.45) is 5.41 Å². The van der Waals surface area contributed by atoms with Crippen molar-refractivity contribution < 1.29 is 0 Å². The quantitative estimate of drug-likeness (QED) is 0.501. The molecule has 0 aromatic rings. The van der Waals surface area contributed by atoms with Gasteiger partial charge in [-0.3, -0.25) is 0 Å². The van der Waals surface area contributed by atoms with Gasteiger partial charge in [0.2, 0.25) is 0 Å². The molecule has 1 heterocycles. The van der Waals surface area contributed by atoms with Crippen LogP contribution in [0.3, 0.4) is 0 Å². The zero-order valence-electron chi connectivity index (χ0n) is 7.81. The number of allylic oxidation sites excluding steroid dienone is 1. The van der Waals surface area contributed by atoms with Crippen molar-refractivity contribution in [1.82, 2.24) is 0 Å². The van der Waals surface area contributed by atoms with Gasteiger partial charge in [0.25, 0.3) is 0 Å². The molecule has 0 aromatic carbocycles. The molecular formula is C10H18S. The van der Waals surface area contributed by atoms with Crippen molar-refractivity contribution in [1.29, 1.82) is 0 Å². The van der Waals surface area contributed by atoms with Gasteiger partial charge in [-0.2, -0.15) is 11.8 Å². The van der Waals surface area contributed by atoms with Gasteiger partial charge in [-0.05, 0) is 24.0 Å². The maximum Gasteiger partial charge on any atom is 0.0143 e. The Morgan fingerprint density at radius 2 is 2.09 bits per heavy atom. The van der Waals surface area contributed by atoms with Gasteiger partial charge in [-0.25, -0.2) is 0 Å². The van der Waals surface area contributed by atoms with Crippen LogP contribution < -0.4 is 0 Å². The lowest BCUT2D eigenvalue weighted by Crippen LogP contribution is -2.06. The van der Waals surface area contributed by atoms with Crippen LogP contribution in [-0.2, 0) is 0 Å². The third kappa shape index (κ3) is 3.85. The largest absolute Gasteiger partial charge is 0.158 e. The Kier molecular flexibility index (Phi) is 3.06. The SMILES string of the molecule is CC(C)(C)/C=C1\CCCSC1. The second-order valence-electron chi connectivity index (χ2n) is 4.32. The molecule has 1 heteroatoms. The van der Waals surface area contributed by atoms with Crippen LogP contribution in [0.1, 0.15) is 33.6 Å². The minimum absolute atomic E-state index is 0.382. The molecule has 0 bridgehead atoms. The summed E-state index contributed by atoms with van der Waals surface area (Å²) in [6, 6.07) is 0. The fourth-order valence-corrected chi connectivity index (χ4v) is 2.39. The summed E-state index contributed by atoms with van der Waals surface area (Å²) in [6.07, 6.45) is 5.16. The molecule has 11 heavy (non-hydrogen) atoms. The predicted octanol–water partition coefficient (Wildman–Crippen LogP) is 3.49. The van der Waals surface area contributed by atoms with Crippen molar-refractivity contribution >= 4 is 11.8 Å². The molecule has 1 fully saturated rings. The lowest BCUT2D eigenvalue weighted by molar-refractivity contribution is 0.537. The minimum Gasteiger partial charge on any atom is -0.158 e. The molecular weight excluding hydrogens is 152 g/mol. The Balaban J connectivity index is 2.50. The molecule has 0 N–H and O–H groups in total. The summed E-state index contributed by atoms with van der Waals surface area (Å²) < 4.78 is 0. The smallest absolute Gasteiger partial charge is 0.0143 e. The molecule has 0 aromatic heterocycles. The molecule has 1 saturated heterocycles. The van der Waals surface area contributed by atoms with Gasteiger partial charge in [0, 0.05) is 5.75 Å². The Labute approximate surface area is 74.5 Å². The van der Waals surface area contributed by atoms with Crippen LogP contribution in [0.5, 0.6) is 0 Å². The van der Waals surface area contributed by atoms with Gasteiger partial charge in [-0.1, -0.05) is 32.4 Å². The predicted molar refractivity (Wildman–Crippen MR) is 54.1 cm³/mol. The van der Waals surface area contributed by atoms with E-state index >= 15 is 0 Å². The molecule has 0 aliphatic carbocycles. The normalized spacial score (nSPS) is 24.1. The van der Waals surface area contributed by atoms with Gasteiger partial charge in [0.15, 0.2) is 0 Å². The summed E-state index contributed by atoms with van der Waals surface area (Å²) in [7, 11) is 0. The zero-order chi connectivity index (χ0) is 8.32. The number of rotatable bonds is 0. The average Bonchev–Trinajstić information content (AvgIpc) is 1.85. The van der Waals surface area contributed by atoms with E-state index in [1.165, 1.54) is 24.3 Å². The molecule has 64 valence electrons. The number of hydrogen-bond donors (Lipinski definition) is 0. The number of thioether (sulfide) groups is 1. The molecule has 0 amide bonds. The summed E-state index contributed by atoms with van der Waals surface area (Å²) in [5.41, 5.74) is 2.04. The van der Waals surface area contributed by atoms with Crippen LogP contribution in [0.15, 0.2) is 11.6 Å². The first kappa shape index (κ1) is 9.18. The van der Waals surface area contributed by atoms with Crippen molar-refractivity contribution in [2.45, 2.75) is 33.6 Å². The molecule has 0 atom stereocenters. The van der Waals surface area contributed by atoms with Crippen LogP contribution in [0.4, 0.5) is 0 Å². The maximum atomic E-state index is 2.44. The summed E-state index contributed by atoms with van der Waals surface area (Å²) in [6.45, 7) is 6.83. The van der Waals surface area contributed by atoms with Gasteiger partial charge >= 0.3 is 0 Å². The summed E-state index contributed by atoms with van der Waals surface area (Å²) >= 11 is 2.08. The Hall–Kier alpha value is 0.0900. The fraction of sp³-hybridized carbons (Fsp3) is 0.800. The highest BCUT2D eigenvalue weighted by Crippen LogP contribution is 2.26. The maximum absolute atomic E-state index is 2.44. The van der Waals surface area contributed by atoms with Crippen LogP contribution >= 0.6 is 11.8 Å². The van der Waals surface area contributed by atoms with E-state index in [9.17, 15) is 0 Å². The molecule has 1 aliphatic heterocycles. The monoisotopic (exact) mass is 170 g/mol. The van der Waals surface area contributed by atoms with E-state index in [-0.39, 0.29) is 0 Å². The molecule has 0 radical (unpaired) electrons. The van der Waals surface area contributed by atoms with Crippen molar-refractivity contribution in [3.63, 3.8) is 0 Å². The first-order valence-electron chi connectivity index (χ1n) is 4.36. The van der Waals surface area contributed by atoms with E-state index in [0.717, 1.165) is 0 Å². The first-order chi connectivity index (χ1) is 5.08. The van der Waals surface area contributed by atoms with Gasteiger partial charge in [0.1, 0.15) is 0 Å². The van der Waals surface area contributed by atoms with Crippen LogP contribution in [-0.4, -0.2) is 11.5 Å². The molecule has 0 unspecified atom stereocenters. The number of hydrogen-bond acceptors (Lipinski definition) is 1. The van der Waals surface area contributed by atoms with Crippen LogP contribution in [0.2, 0.25) is 0 Å². The second-order valence-corrected chi connectivity index (χ2v) is 5.43. The molecule has 0 spiro atoms. The lowest BCUT2D eigenvalue weighted by atomic mass is 9.92. The van der Waals surface area contributed by atoms with E-state index in [4.69, 9.17) is 0 Å². The van der Waals surface area contributed by atoms with E-state index < -0.39 is 0 Å². The van der Waals surface area contributed by atoms with Gasteiger partial charge in [0.05, 0.1) is 0 Å². The third-order valence-corrected chi connectivity index (χ3v) is 2.86. The second kappa shape index (κ2) is 3.66. The first-order valence-corrected chi connectivity index (χ1v) is 5.52. The van der Waals surface area contributed by atoms with Gasteiger partial charge < -0.3 is 0 Å². The highest BCUT2D eigenvalue weighted by Gasteiger charge is 2.10. The van der Waals surface area contributed by atoms with Gasteiger partial charge in [-0.15, -0.1) is 0 Å². The molecule has 1 aliphatic rings. The Bertz CT molecular complexity index is 143. The molecule has 0 nitrogen and oxygen atoms in total. The standard InChI is InChI=1S/C10H18S/c1-10(2,3)7-9-5-4-6-11-8-9/h7H,4-6,8H2,1-3H3/b9-7+. The molecule has 1 rings (SSSR count). The topological polar surface area (TPSA) is 0 Å². The van der Waals surface area contributed by atoms with E-state index in [1.54, 1.807) is 5.57 Å². The van der Waals surface area contributed by atoms with E-state index in [1.807, 2.05) is 0 Å². The minimum atomic E-state index is 0.382. The van der Waals surface area contributed by atoms with Crippen LogP contribution in [0, 0.1) is 5.41 Å². The van der Waals surface area contributed by atoms with E-state index in [2.05, 4.69) is 38.6 Å². The zero-order valence-corrected chi connectivity index (χ0v) is 8.63. The van der Waals surface area contributed by atoms with Crippen molar-refractivity contribution in [3.05, 3.63) is 11.6 Å². The molecule has 0 saturated carbocycles. The lowest BCUT2D eigenvalue weighted by Gasteiger charge is -2.19. The Morgan fingerprint density at radius 3 is 2.55 bits per heavy atom. The van der Waals surface area contributed by atoms with Crippen LogP contribution in [0.25, 0.3) is 0 Å². The highest BCUT2D eigenvalue weighted by molar-refractivity contribution is 7.99. The highest BCUT2D eigenvalue weighted by atomic mass is 32.2. The Morgan fingerprint density at radius 1 is 1.36 bits per heavy atom. The summed E-state index contributed by atoms with van der Waals surface area (Å²) in [5.74, 6) is 2.64.